The first-order valence-corrected chi connectivity index (χ1v) is 5.52. The highest BCUT2D eigenvalue weighted by Gasteiger charge is 2.44. The summed E-state index contributed by atoms with van der Waals surface area (Å²) in [5, 5.41) is 0. The summed E-state index contributed by atoms with van der Waals surface area (Å²) in [6.45, 7) is 0. The Morgan fingerprint density at radius 2 is 1.55 bits per heavy atom. The zero-order valence-corrected chi connectivity index (χ0v) is 9.97. The molecular weight excluding hydrogens is 278 g/mol. The van der Waals surface area contributed by atoms with Gasteiger partial charge in [0.25, 0.3) is 0 Å². The summed E-state index contributed by atoms with van der Waals surface area (Å²) in [6.07, 6.45) is -8.54. The van der Waals surface area contributed by atoms with Crippen molar-refractivity contribution in [2.24, 2.45) is 0 Å². The van der Waals surface area contributed by atoms with Crippen LogP contribution in [0.4, 0.5) is 17.6 Å². The van der Waals surface area contributed by atoms with Gasteiger partial charge in [-0.2, -0.15) is 22.5 Å². The van der Waals surface area contributed by atoms with E-state index in [0.29, 0.717) is 5.75 Å². The third-order valence-corrected chi connectivity index (χ3v) is 2.16. The molecule has 1 aromatic carbocycles. The summed E-state index contributed by atoms with van der Waals surface area (Å²) >= 11 is 0. The van der Waals surface area contributed by atoms with E-state index >= 15 is 0 Å². The van der Waals surface area contributed by atoms with Crippen LogP contribution in [0.5, 0.6) is 17.5 Å². The second kappa shape index (κ2) is 5.77. The molecule has 106 valence electrons. The summed E-state index contributed by atoms with van der Waals surface area (Å²) < 4.78 is 58.6. The molecule has 0 unspecified atom stereocenters. The van der Waals surface area contributed by atoms with E-state index in [0.717, 1.165) is 6.07 Å². The molecule has 0 fully saturated rings. The number of para-hydroxylation sites is 1. The van der Waals surface area contributed by atoms with Gasteiger partial charge in [0, 0.05) is 12.1 Å². The summed E-state index contributed by atoms with van der Waals surface area (Å²) in [5.41, 5.74) is 0. The fraction of sp³-hybridized carbons (Fsp3) is 0.154. The van der Waals surface area contributed by atoms with Crippen molar-refractivity contribution in [3.05, 3.63) is 48.5 Å². The van der Waals surface area contributed by atoms with Crippen molar-refractivity contribution in [3.63, 3.8) is 0 Å². The van der Waals surface area contributed by atoms with E-state index in [2.05, 4.69) is 9.72 Å². The molecule has 3 nitrogen and oxygen atoms in total. The Morgan fingerprint density at radius 1 is 0.900 bits per heavy atom. The second-order valence-corrected chi connectivity index (χ2v) is 3.69. The Kier molecular flexibility index (Phi) is 4.07. The maximum absolute atomic E-state index is 12.7. The van der Waals surface area contributed by atoms with Gasteiger partial charge in [-0.1, -0.05) is 24.3 Å². The van der Waals surface area contributed by atoms with Crippen molar-refractivity contribution in [2.45, 2.75) is 12.5 Å². The van der Waals surface area contributed by atoms with Crippen molar-refractivity contribution in [2.75, 3.05) is 0 Å². The SMILES string of the molecule is FC(F)C(F)(F)Oc1cccc(Oc2ccccc2)n1. The van der Waals surface area contributed by atoms with E-state index in [1.165, 1.54) is 12.1 Å². The van der Waals surface area contributed by atoms with E-state index in [-0.39, 0.29) is 5.88 Å². The van der Waals surface area contributed by atoms with Gasteiger partial charge in [0.05, 0.1) is 0 Å². The largest absolute Gasteiger partial charge is 0.462 e. The fourth-order valence-corrected chi connectivity index (χ4v) is 1.30. The number of ether oxygens (including phenoxy) is 2. The molecule has 1 heterocycles. The number of hydrogen-bond acceptors (Lipinski definition) is 3. The minimum Gasteiger partial charge on any atom is -0.439 e. The zero-order valence-electron chi connectivity index (χ0n) is 9.97. The summed E-state index contributed by atoms with van der Waals surface area (Å²) in [5.74, 6) is -0.264. The predicted octanol–water partition coefficient (Wildman–Crippen LogP) is 4.11. The van der Waals surface area contributed by atoms with Gasteiger partial charge < -0.3 is 9.47 Å². The van der Waals surface area contributed by atoms with Crippen LogP contribution in [0.2, 0.25) is 0 Å². The lowest BCUT2D eigenvalue weighted by Crippen LogP contribution is -2.33. The molecule has 0 saturated carbocycles. The second-order valence-electron chi connectivity index (χ2n) is 3.69. The molecule has 0 amide bonds. The Morgan fingerprint density at radius 3 is 2.20 bits per heavy atom. The van der Waals surface area contributed by atoms with Crippen molar-refractivity contribution in [3.8, 4) is 17.5 Å². The van der Waals surface area contributed by atoms with E-state index in [1.54, 1.807) is 30.3 Å². The van der Waals surface area contributed by atoms with Crippen LogP contribution >= 0.6 is 0 Å². The Bertz CT molecular complexity index is 563. The van der Waals surface area contributed by atoms with Crippen molar-refractivity contribution in [1.82, 2.24) is 4.98 Å². The van der Waals surface area contributed by atoms with E-state index in [9.17, 15) is 17.6 Å². The Labute approximate surface area is 111 Å². The number of alkyl halides is 4. The highest BCUT2D eigenvalue weighted by molar-refractivity contribution is 5.28. The number of rotatable bonds is 5. The number of aromatic nitrogens is 1. The van der Waals surface area contributed by atoms with Crippen LogP contribution in [0.1, 0.15) is 0 Å². The number of pyridine rings is 1. The third-order valence-electron chi connectivity index (χ3n) is 2.16. The standard InChI is InChI=1S/C13H9F4NO2/c14-12(15)13(16,17)20-11-8-4-7-10(18-11)19-9-5-2-1-3-6-9/h1-8,12H. The summed E-state index contributed by atoms with van der Waals surface area (Å²) in [6, 6.07) is 12.2. The van der Waals surface area contributed by atoms with Crippen LogP contribution in [0.25, 0.3) is 0 Å². The number of benzene rings is 1. The Balaban J connectivity index is 2.12. The highest BCUT2D eigenvalue weighted by Crippen LogP contribution is 2.28. The Hall–Kier alpha value is -2.31. The highest BCUT2D eigenvalue weighted by atomic mass is 19.3. The molecular formula is C13H9F4NO2. The lowest BCUT2D eigenvalue weighted by molar-refractivity contribution is -0.254. The van der Waals surface area contributed by atoms with Gasteiger partial charge in [-0.25, -0.2) is 0 Å². The molecule has 0 aliphatic rings. The lowest BCUT2D eigenvalue weighted by atomic mass is 10.3. The van der Waals surface area contributed by atoms with E-state index in [1.807, 2.05) is 0 Å². The average molecular weight is 287 g/mol. The number of halogens is 4. The first kappa shape index (κ1) is 14.1. The van der Waals surface area contributed by atoms with E-state index in [4.69, 9.17) is 4.74 Å². The zero-order chi connectivity index (χ0) is 14.6. The van der Waals surface area contributed by atoms with Crippen LogP contribution < -0.4 is 9.47 Å². The maximum atomic E-state index is 12.7. The molecule has 0 aliphatic carbocycles. The minimum atomic E-state index is -4.60. The molecule has 0 bridgehead atoms. The first-order valence-electron chi connectivity index (χ1n) is 5.52. The van der Waals surface area contributed by atoms with Crippen molar-refractivity contribution in [1.29, 1.82) is 0 Å². The molecule has 1 aromatic heterocycles. The van der Waals surface area contributed by atoms with Gasteiger partial charge >= 0.3 is 12.5 Å². The van der Waals surface area contributed by atoms with Gasteiger partial charge in [0.2, 0.25) is 11.8 Å². The average Bonchev–Trinajstić information content (AvgIpc) is 2.39. The predicted molar refractivity (Wildman–Crippen MR) is 62.3 cm³/mol. The molecule has 0 saturated heterocycles. The monoisotopic (exact) mass is 287 g/mol. The number of nitrogens with zero attached hydrogens (tertiary/aromatic N) is 1. The topological polar surface area (TPSA) is 31.4 Å². The van der Waals surface area contributed by atoms with Crippen LogP contribution in [0.3, 0.4) is 0 Å². The van der Waals surface area contributed by atoms with E-state index < -0.39 is 18.4 Å². The number of hydrogen-bond donors (Lipinski definition) is 0. The molecule has 2 aromatic rings. The lowest BCUT2D eigenvalue weighted by Gasteiger charge is -2.16. The summed E-state index contributed by atoms with van der Waals surface area (Å²) in [4.78, 5) is 3.58. The molecule has 0 aliphatic heterocycles. The summed E-state index contributed by atoms with van der Waals surface area (Å²) in [7, 11) is 0. The van der Waals surface area contributed by atoms with Gasteiger partial charge in [0.1, 0.15) is 5.75 Å². The van der Waals surface area contributed by atoms with Gasteiger partial charge in [-0.3, -0.25) is 0 Å². The van der Waals surface area contributed by atoms with Gasteiger partial charge in [0.15, 0.2) is 0 Å². The normalized spacial score (nSPS) is 11.4. The maximum Gasteiger partial charge on any atom is 0.462 e. The van der Waals surface area contributed by atoms with Gasteiger partial charge in [-0.05, 0) is 12.1 Å². The fourth-order valence-electron chi connectivity index (χ4n) is 1.30. The van der Waals surface area contributed by atoms with Crippen LogP contribution in [-0.2, 0) is 0 Å². The molecule has 0 N–H and O–H groups in total. The molecule has 2 rings (SSSR count). The smallest absolute Gasteiger partial charge is 0.439 e. The van der Waals surface area contributed by atoms with Crippen LogP contribution in [0.15, 0.2) is 48.5 Å². The third kappa shape index (κ3) is 3.59. The van der Waals surface area contributed by atoms with Crippen LogP contribution in [-0.4, -0.2) is 17.5 Å². The molecule has 20 heavy (non-hydrogen) atoms. The van der Waals surface area contributed by atoms with Crippen molar-refractivity contribution < 1.29 is 27.0 Å². The minimum absolute atomic E-state index is 0.0428. The molecule has 0 spiro atoms. The molecule has 0 radical (unpaired) electrons. The van der Waals surface area contributed by atoms with Crippen LogP contribution in [0, 0.1) is 0 Å². The quantitative estimate of drug-likeness (QED) is 0.775. The van der Waals surface area contributed by atoms with Crippen molar-refractivity contribution >= 4 is 0 Å². The first-order chi connectivity index (χ1) is 9.47. The van der Waals surface area contributed by atoms with Gasteiger partial charge in [-0.15, -0.1) is 0 Å². The molecule has 7 heteroatoms. The molecule has 0 atom stereocenters.